The van der Waals surface area contributed by atoms with Crippen molar-refractivity contribution in [1.29, 1.82) is 0 Å². The number of rotatable bonds is 4. The summed E-state index contributed by atoms with van der Waals surface area (Å²) in [4.78, 5) is 27.5. The summed E-state index contributed by atoms with van der Waals surface area (Å²) < 4.78 is 2.58. The fourth-order valence-electron chi connectivity index (χ4n) is 3.68. The molecule has 0 fully saturated rings. The van der Waals surface area contributed by atoms with Gasteiger partial charge in [0.25, 0.3) is 11.8 Å². The van der Waals surface area contributed by atoms with Crippen LogP contribution in [-0.4, -0.2) is 60.8 Å². The molecule has 0 aromatic carbocycles. The van der Waals surface area contributed by atoms with Crippen LogP contribution in [0.15, 0.2) is 28.9 Å². The van der Waals surface area contributed by atoms with Crippen molar-refractivity contribution in [3.05, 3.63) is 51.5 Å². The maximum Gasteiger partial charge on any atom is 0.274 e. The molecular weight excluding hydrogens is 464 g/mol. The lowest BCUT2D eigenvalue weighted by molar-refractivity contribution is 0.0726. The first-order valence-corrected chi connectivity index (χ1v) is 10.9. The average molecular weight is 489 g/mol. The predicted molar refractivity (Wildman–Crippen MR) is 118 cm³/mol. The van der Waals surface area contributed by atoms with Gasteiger partial charge < -0.3 is 15.3 Å². The zero-order chi connectivity index (χ0) is 22.3. The van der Waals surface area contributed by atoms with E-state index in [0.717, 1.165) is 21.2 Å². The number of carbonyl (C=O) groups excluding carboxylic acids is 2. The molecule has 0 aliphatic carbocycles. The molecule has 2 amide bonds. The lowest BCUT2D eigenvalue weighted by Gasteiger charge is -2.30. The van der Waals surface area contributed by atoms with Crippen LogP contribution in [-0.2, 0) is 13.0 Å². The first kappa shape index (κ1) is 21.5. The Morgan fingerprint density at radius 1 is 1.35 bits per heavy atom. The van der Waals surface area contributed by atoms with E-state index in [9.17, 15) is 14.7 Å². The minimum atomic E-state index is -0.385. The molecule has 1 aliphatic rings. The van der Waals surface area contributed by atoms with Gasteiger partial charge >= 0.3 is 0 Å². The Kier molecular flexibility index (Phi) is 5.61. The first-order valence-electron chi connectivity index (χ1n) is 10.1. The Morgan fingerprint density at radius 3 is 2.84 bits per heavy atom. The molecule has 4 heterocycles. The maximum atomic E-state index is 13.0. The van der Waals surface area contributed by atoms with Crippen LogP contribution in [0.4, 0.5) is 0 Å². The van der Waals surface area contributed by atoms with Gasteiger partial charge in [-0.05, 0) is 30.0 Å². The molecule has 9 nitrogen and oxygen atoms in total. The van der Waals surface area contributed by atoms with Crippen molar-refractivity contribution >= 4 is 33.3 Å². The Bertz CT molecular complexity index is 1150. The second kappa shape index (κ2) is 8.08. The topological polar surface area (TPSA) is 116 Å². The molecule has 1 aliphatic heterocycles. The molecule has 3 aromatic rings. The SMILES string of the molecule is CC(C)(C)[C@@H](CO)NC(=O)c1n[nH]c2c1CCN(C(=O)c1cc3cc(Br)ccn3n1)C2. The van der Waals surface area contributed by atoms with Gasteiger partial charge in [-0.1, -0.05) is 36.7 Å². The molecule has 10 heteroatoms. The number of aliphatic hydroxyl groups is 1. The van der Waals surface area contributed by atoms with Crippen molar-refractivity contribution < 1.29 is 14.7 Å². The van der Waals surface area contributed by atoms with E-state index in [1.54, 1.807) is 21.7 Å². The number of aromatic nitrogens is 4. The van der Waals surface area contributed by atoms with Crippen molar-refractivity contribution in [3.63, 3.8) is 0 Å². The smallest absolute Gasteiger partial charge is 0.274 e. The van der Waals surface area contributed by atoms with Gasteiger partial charge in [-0.25, -0.2) is 4.52 Å². The van der Waals surface area contributed by atoms with Crippen LogP contribution in [0, 0.1) is 5.41 Å². The van der Waals surface area contributed by atoms with E-state index in [1.165, 1.54) is 0 Å². The van der Waals surface area contributed by atoms with E-state index >= 15 is 0 Å². The molecule has 4 rings (SSSR count). The molecule has 3 N–H and O–H groups in total. The zero-order valence-electron chi connectivity index (χ0n) is 17.6. The largest absolute Gasteiger partial charge is 0.394 e. The number of aliphatic hydroxyl groups excluding tert-OH is 1. The second-order valence-corrected chi connectivity index (χ2v) is 9.74. The Labute approximate surface area is 187 Å². The summed E-state index contributed by atoms with van der Waals surface area (Å²) in [5.74, 6) is -0.490. The fraction of sp³-hybridized carbons (Fsp3) is 0.429. The number of nitrogens with zero attached hydrogens (tertiary/aromatic N) is 4. The van der Waals surface area contributed by atoms with Crippen molar-refractivity contribution in [1.82, 2.24) is 30.0 Å². The van der Waals surface area contributed by atoms with Crippen molar-refractivity contribution in [2.24, 2.45) is 5.41 Å². The van der Waals surface area contributed by atoms with Crippen molar-refractivity contribution in [3.8, 4) is 0 Å². The van der Waals surface area contributed by atoms with Gasteiger partial charge in [0.1, 0.15) is 0 Å². The highest BCUT2D eigenvalue weighted by Gasteiger charge is 2.31. The highest BCUT2D eigenvalue weighted by atomic mass is 79.9. The number of amides is 2. The summed E-state index contributed by atoms with van der Waals surface area (Å²) >= 11 is 3.42. The first-order chi connectivity index (χ1) is 14.7. The summed E-state index contributed by atoms with van der Waals surface area (Å²) in [6.45, 7) is 6.50. The van der Waals surface area contributed by atoms with Gasteiger partial charge in [0.2, 0.25) is 0 Å². The third-order valence-corrected chi connectivity index (χ3v) is 6.11. The summed E-state index contributed by atoms with van der Waals surface area (Å²) in [5, 5.41) is 24.0. The molecule has 1 atom stereocenters. The number of aromatic amines is 1. The molecule has 0 saturated carbocycles. The number of hydrogen-bond donors (Lipinski definition) is 3. The summed E-state index contributed by atoms with van der Waals surface area (Å²) in [6, 6.07) is 5.13. The monoisotopic (exact) mass is 488 g/mol. The zero-order valence-corrected chi connectivity index (χ0v) is 19.2. The maximum absolute atomic E-state index is 13.0. The lowest BCUT2D eigenvalue weighted by Crippen LogP contribution is -2.46. The average Bonchev–Trinajstić information content (AvgIpc) is 3.33. The molecule has 0 radical (unpaired) electrons. The summed E-state index contributed by atoms with van der Waals surface area (Å²) in [5.41, 5.74) is 2.79. The van der Waals surface area contributed by atoms with Gasteiger partial charge in [0.15, 0.2) is 11.4 Å². The Morgan fingerprint density at radius 2 is 2.13 bits per heavy atom. The van der Waals surface area contributed by atoms with Crippen LogP contribution in [0.25, 0.3) is 5.52 Å². The minimum absolute atomic E-state index is 0.153. The number of fused-ring (bicyclic) bond motifs is 2. The second-order valence-electron chi connectivity index (χ2n) is 8.82. The number of hydrogen-bond acceptors (Lipinski definition) is 5. The minimum Gasteiger partial charge on any atom is -0.394 e. The van der Waals surface area contributed by atoms with E-state index in [2.05, 4.69) is 36.5 Å². The number of pyridine rings is 1. The molecule has 0 saturated heterocycles. The van der Waals surface area contributed by atoms with Gasteiger partial charge in [0.05, 0.1) is 30.4 Å². The van der Waals surface area contributed by atoms with E-state index in [-0.39, 0.29) is 29.9 Å². The number of nitrogens with one attached hydrogen (secondary N) is 2. The van der Waals surface area contributed by atoms with Crippen LogP contribution in [0.5, 0.6) is 0 Å². The van der Waals surface area contributed by atoms with Gasteiger partial charge in [0, 0.05) is 22.8 Å². The molecular formula is C21H25BrN6O3. The van der Waals surface area contributed by atoms with Gasteiger partial charge in [-0.3, -0.25) is 14.7 Å². The molecule has 0 spiro atoms. The highest BCUT2D eigenvalue weighted by Crippen LogP contribution is 2.24. The van der Waals surface area contributed by atoms with Gasteiger partial charge in [-0.2, -0.15) is 10.2 Å². The molecule has 164 valence electrons. The van der Waals surface area contributed by atoms with E-state index < -0.39 is 0 Å². The third-order valence-electron chi connectivity index (χ3n) is 5.61. The Balaban J connectivity index is 1.50. The third kappa shape index (κ3) is 4.22. The Hall–Kier alpha value is -2.72. The summed E-state index contributed by atoms with van der Waals surface area (Å²) in [6.07, 6.45) is 2.31. The standard InChI is InChI=1S/C21H25BrN6O3/c1-21(2,3)17(11-29)23-19(30)18-14-5-6-27(10-16(14)24-25-18)20(31)15-9-13-8-12(22)4-7-28(13)26-15/h4,7-9,17,29H,5-6,10-11H2,1-3H3,(H,23,30)(H,24,25)/t17-/m1/s1. The quantitative estimate of drug-likeness (QED) is 0.520. The van der Waals surface area contributed by atoms with E-state index in [0.29, 0.717) is 30.9 Å². The number of H-pyrrole nitrogens is 1. The highest BCUT2D eigenvalue weighted by molar-refractivity contribution is 9.10. The molecule has 0 unspecified atom stereocenters. The predicted octanol–water partition coefficient (Wildman–Crippen LogP) is 2.16. The van der Waals surface area contributed by atoms with E-state index in [1.807, 2.05) is 32.9 Å². The van der Waals surface area contributed by atoms with Crippen LogP contribution in [0.3, 0.4) is 0 Å². The molecule has 0 bridgehead atoms. The lowest BCUT2D eigenvalue weighted by atomic mass is 9.87. The van der Waals surface area contributed by atoms with E-state index in [4.69, 9.17) is 0 Å². The normalized spacial score (nSPS) is 15.1. The molecule has 31 heavy (non-hydrogen) atoms. The van der Waals surface area contributed by atoms with Crippen LogP contribution in [0.2, 0.25) is 0 Å². The molecule has 3 aromatic heterocycles. The number of carbonyl (C=O) groups is 2. The van der Waals surface area contributed by atoms with Crippen LogP contribution < -0.4 is 5.32 Å². The van der Waals surface area contributed by atoms with Crippen LogP contribution >= 0.6 is 15.9 Å². The van der Waals surface area contributed by atoms with Crippen molar-refractivity contribution in [2.45, 2.75) is 39.8 Å². The van der Waals surface area contributed by atoms with Crippen molar-refractivity contribution in [2.75, 3.05) is 13.2 Å². The van der Waals surface area contributed by atoms with Crippen LogP contribution in [0.1, 0.15) is 53.0 Å². The number of halogens is 1. The summed E-state index contributed by atoms with van der Waals surface area (Å²) in [7, 11) is 0. The fourth-order valence-corrected chi connectivity index (χ4v) is 4.03. The van der Waals surface area contributed by atoms with Gasteiger partial charge in [-0.15, -0.1) is 0 Å².